The fourth-order valence-electron chi connectivity index (χ4n) is 1.46. The van der Waals surface area contributed by atoms with Crippen LogP contribution in [0.2, 0.25) is 0 Å². The number of fused-ring (bicyclic) bond motifs is 1. The molecule has 0 aliphatic heterocycles. The van der Waals surface area contributed by atoms with Gasteiger partial charge in [0, 0.05) is 15.5 Å². The van der Waals surface area contributed by atoms with Gasteiger partial charge in [0.25, 0.3) is 0 Å². The van der Waals surface area contributed by atoms with Gasteiger partial charge in [-0.05, 0) is 30.5 Å². The van der Waals surface area contributed by atoms with Crippen molar-refractivity contribution in [2.24, 2.45) is 0 Å². The van der Waals surface area contributed by atoms with Gasteiger partial charge in [-0.2, -0.15) is 0 Å². The predicted molar refractivity (Wildman–Crippen MR) is 60.8 cm³/mol. The van der Waals surface area contributed by atoms with E-state index in [4.69, 9.17) is 5.73 Å². The first kappa shape index (κ1) is 8.57. The van der Waals surface area contributed by atoms with Crippen LogP contribution in [0.5, 0.6) is 0 Å². The van der Waals surface area contributed by atoms with Gasteiger partial charge < -0.3 is 5.73 Å². The number of hydrogen-bond acceptors (Lipinski definition) is 1. The molecule has 0 saturated heterocycles. The van der Waals surface area contributed by atoms with Crippen LogP contribution in [-0.4, -0.2) is 0 Å². The lowest BCUT2D eigenvalue weighted by molar-refractivity contribution is 1.50. The molecule has 2 aromatic carbocycles. The maximum absolute atomic E-state index is 5.90. The summed E-state index contributed by atoms with van der Waals surface area (Å²) in [5, 5.41) is 2.31. The number of rotatable bonds is 0. The Labute approximate surface area is 85.7 Å². The Hall–Kier alpha value is -1.02. The quantitative estimate of drug-likeness (QED) is 0.696. The van der Waals surface area contributed by atoms with Gasteiger partial charge in [-0.1, -0.05) is 33.6 Å². The Kier molecular flexibility index (Phi) is 2.00. The number of nitrogens with two attached hydrogens (primary N) is 1. The van der Waals surface area contributed by atoms with Crippen molar-refractivity contribution in [3.05, 3.63) is 40.4 Å². The van der Waals surface area contributed by atoms with Gasteiger partial charge in [-0.15, -0.1) is 0 Å². The smallest absolute Gasteiger partial charge is 0.0405 e. The van der Waals surface area contributed by atoms with Crippen molar-refractivity contribution < 1.29 is 0 Å². The number of halogens is 1. The van der Waals surface area contributed by atoms with Crippen LogP contribution in [0.4, 0.5) is 5.69 Å². The van der Waals surface area contributed by atoms with Crippen LogP contribution in [-0.2, 0) is 0 Å². The Morgan fingerprint density at radius 3 is 2.69 bits per heavy atom. The zero-order valence-corrected chi connectivity index (χ0v) is 8.93. The van der Waals surface area contributed by atoms with Crippen LogP contribution in [0, 0.1) is 6.92 Å². The second-order valence-corrected chi connectivity index (χ2v) is 4.14. The van der Waals surface area contributed by atoms with Crippen LogP contribution in [0.1, 0.15) is 5.56 Å². The van der Waals surface area contributed by atoms with Gasteiger partial charge in [0.1, 0.15) is 0 Å². The van der Waals surface area contributed by atoms with E-state index in [1.165, 1.54) is 10.9 Å². The molecular formula is C11H10BrN. The third kappa shape index (κ3) is 1.54. The molecule has 0 amide bonds. The highest BCUT2D eigenvalue weighted by Crippen LogP contribution is 2.26. The van der Waals surface area contributed by atoms with Crippen LogP contribution in [0.15, 0.2) is 34.8 Å². The summed E-state index contributed by atoms with van der Waals surface area (Å²) in [5.74, 6) is 0. The average Bonchev–Trinajstić information content (AvgIpc) is 2.06. The predicted octanol–water partition coefficient (Wildman–Crippen LogP) is 3.49. The zero-order chi connectivity index (χ0) is 9.42. The molecule has 0 spiro atoms. The third-order valence-corrected chi connectivity index (χ3v) is 2.56. The van der Waals surface area contributed by atoms with Crippen molar-refractivity contribution in [2.75, 3.05) is 5.73 Å². The van der Waals surface area contributed by atoms with E-state index in [0.29, 0.717) is 0 Å². The van der Waals surface area contributed by atoms with Crippen molar-refractivity contribution in [2.45, 2.75) is 6.92 Å². The molecule has 0 atom stereocenters. The van der Waals surface area contributed by atoms with Crippen molar-refractivity contribution >= 4 is 32.4 Å². The molecule has 0 aliphatic rings. The van der Waals surface area contributed by atoms with Gasteiger partial charge >= 0.3 is 0 Å². The SMILES string of the molecule is Cc1ccc2cc(Br)cc(N)c2c1. The summed E-state index contributed by atoms with van der Waals surface area (Å²) in [6.45, 7) is 2.07. The molecular weight excluding hydrogens is 226 g/mol. The van der Waals surface area contributed by atoms with E-state index in [1.807, 2.05) is 6.07 Å². The van der Waals surface area contributed by atoms with Gasteiger partial charge in [-0.3, -0.25) is 0 Å². The average molecular weight is 236 g/mol. The van der Waals surface area contributed by atoms with E-state index in [2.05, 4.69) is 47.1 Å². The van der Waals surface area contributed by atoms with E-state index < -0.39 is 0 Å². The van der Waals surface area contributed by atoms with Gasteiger partial charge in [0.15, 0.2) is 0 Å². The van der Waals surface area contributed by atoms with E-state index in [9.17, 15) is 0 Å². The van der Waals surface area contributed by atoms with Crippen molar-refractivity contribution in [1.29, 1.82) is 0 Å². The highest BCUT2D eigenvalue weighted by molar-refractivity contribution is 9.10. The first-order chi connectivity index (χ1) is 6.16. The first-order valence-electron chi connectivity index (χ1n) is 4.12. The van der Waals surface area contributed by atoms with Crippen LogP contribution >= 0.6 is 15.9 Å². The summed E-state index contributed by atoms with van der Waals surface area (Å²) in [5.41, 5.74) is 7.96. The molecule has 2 aromatic rings. The largest absolute Gasteiger partial charge is 0.398 e. The second-order valence-electron chi connectivity index (χ2n) is 3.22. The van der Waals surface area contributed by atoms with Crippen LogP contribution in [0.3, 0.4) is 0 Å². The van der Waals surface area contributed by atoms with Crippen molar-refractivity contribution in [3.63, 3.8) is 0 Å². The second kappa shape index (κ2) is 3.04. The Morgan fingerprint density at radius 2 is 1.92 bits per heavy atom. The van der Waals surface area contributed by atoms with E-state index >= 15 is 0 Å². The number of anilines is 1. The van der Waals surface area contributed by atoms with Crippen molar-refractivity contribution in [3.8, 4) is 0 Å². The molecule has 0 aliphatic carbocycles. The van der Waals surface area contributed by atoms with E-state index in [0.717, 1.165) is 15.5 Å². The lowest BCUT2D eigenvalue weighted by Crippen LogP contribution is -1.87. The topological polar surface area (TPSA) is 26.0 Å². The lowest BCUT2D eigenvalue weighted by Gasteiger charge is -2.03. The molecule has 2 N–H and O–H groups in total. The monoisotopic (exact) mass is 235 g/mol. The van der Waals surface area contributed by atoms with Crippen LogP contribution in [0.25, 0.3) is 10.8 Å². The molecule has 0 aromatic heterocycles. The fourth-order valence-corrected chi connectivity index (χ4v) is 1.96. The summed E-state index contributed by atoms with van der Waals surface area (Å²) >= 11 is 3.42. The molecule has 2 heteroatoms. The maximum atomic E-state index is 5.90. The highest BCUT2D eigenvalue weighted by atomic mass is 79.9. The minimum absolute atomic E-state index is 0.827. The summed E-state index contributed by atoms with van der Waals surface area (Å²) in [7, 11) is 0. The molecule has 0 fully saturated rings. The summed E-state index contributed by atoms with van der Waals surface area (Å²) < 4.78 is 1.03. The summed E-state index contributed by atoms with van der Waals surface area (Å²) in [6, 6.07) is 10.3. The molecule has 2 rings (SSSR count). The maximum Gasteiger partial charge on any atom is 0.0405 e. The lowest BCUT2D eigenvalue weighted by atomic mass is 10.1. The van der Waals surface area contributed by atoms with Gasteiger partial charge in [0.2, 0.25) is 0 Å². The van der Waals surface area contributed by atoms with Crippen molar-refractivity contribution in [1.82, 2.24) is 0 Å². The minimum atomic E-state index is 0.827. The number of hydrogen-bond donors (Lipinski definition) is 1. The highest BCUT2D eigenvalue weighted by Gasteiger charge is 1.99. The normalized spacial score (nSPS) is 10.6. The first-order valence-corrected chi connectivity index (χ1v) is 4.91. The van der Waals surface area contributed by atoms with Gasteiger partial charge in [0.05, 0.1) is 0 Å². The molecule has 0 heterocycles. The van der Waals surface area contributed by atoms with Gasteiger partial charge in [-0.25, -0.2) is 0 Å². The molecule has 13 heavy (non-hydrogen) atoms. The number of benzene rings is 2. The van der Waals surface area contributed by atoms with E-state index in [-0.39, 0.29) is 0 Å². The number of aryl methyl sites for hydroxylation is 1. The molecule has 0 unspecified atom stereocenters. The zero-order valence-electron chi connectivity index (χ0n) is 7.34. The Bertz CT molecular complexity index is 463. The minimum Gasteiger partial charge on any atom is -0.398 e. The van der Waals surface area contributed by atoms with Crippen LogP contribution < -0.4 is 5.73 Å². The standard InChI is InChI=1S/C11H10BrN/c1-7-2-3-8-5-9(12)6-11(13)10(8)4-7/h2-6H,13H2,1H3. The Balaban J connectivity index is 2.87. The molecule has 1 nitrogen and oxygen atoms in total. The molecule has 0 saturated carbocycles. The third-order valence-electron chi connectivity index (χ3n) is 2.11. The molecule has 0 radical (unpaired) electrons. The molecule has 66 valence electrons. The summed E-state index contributed by atoms with van der Waals surface area (Å²) in [6.07, 6.45) is 0. The number of nitrogen functional groups attached to an aromatic ring is 1. The van der Waals surface area contributed by atoms with E-state index in [1.54, 1.807) is 0 Å². The summed E-state index contributed by atoms with van der Waals surface area (Å²) in [4.78, 5) is 0. The fraction of sp³-hybridized carbons (Fsp3) is 0.0909. The Morgan fingerprint density at radius 1 is 1.15 bits per heavy atom. The molecule has 0 bridgehead atoms.